The van der Waals surface area contributed by atoms with E-state index in [1.807, 2.05) is 54.1 Å². The van der Waals surface area contributed by atoms with Crippen molar-refractivity contribution >= 4 is 61.6 Å². The molecule has 0 spiro atoms. The number of amides is 3. The SMILES string of the molecule is CCCC[n+]1cc(C(=O)N(C)OC)cc2c1N=C(/C=C/C=C/C=C1/N(CCC)c3ccc(S(=O)(=O)O)cc3C1(C)Cc1ccc(C(=O)ON3C(=O)CCC3=O)cc1)C2(C)C.O=S(=O)=O. The first-order valence-electron chi connectivity index (χ1n) is 20.6. The van der Waals surface area contributed by atoms with E-state index in [0.717, 1.165) is 53.3 Å². The van der Waals surface area contributed by atoms with Gasteiger partial charge in [0.05, 0.1) is 40.7 Å². The Hall–Kier alpha value is -6.15. The number of hydrogen-bond acceptors (Lipinski definition) is 13. The molecule has 0 saturated carbocycles. The van der Waals surface area contributed by atoms with Crippen molar-refractivity contribution in [2.24, 2.45) is 4.99 Å². The predicted molar refractivity (Wildman–Crippen MR) is 235 cm³/mol. The van der Waals surface area contributed by atoms with Gasteiger partial charge in [-0.1, -0.05) is 50.6 Å². The lowest BCUT2D eigenvalue weighted by atomic mass is 9.76. The molecule has 3 aliphatic rings. The van der Waals surface area contributed by atoms with Crippen LogP contribution in [-0.4, -0.2) is 85.8 Å². The van der Waals surface area contributed by atoms with E-state index in [-0.39, 0.29) is 29.2 Å². The number of rotatable bonds is 15. The molecule has 1 N–H and O–H groups in total. The van der Waals surface area contributed by atoms with Gasteiger partial charge in [-0.2, -0.15) is 8.42 Å². The molecule has 0 bridgehead atoms. The predicted octanol–water partition coefficient (Wildman–Crippen LogP) is 5.66. The molecular formula is C45H52N5O12S2+. The molecule has 340 valence electrons. The number of aliphatic imine (C=N–C) groups is 1. The van der Waals surface area contributed by atoms with Crippen LogP contribution in [0.1, 0.15) is 104 Å². The average Bonchev–Trinajstić information content (AvgIpc) is 3.79. The van der Waals surface area contributed by atoms with Crippen molar-refractivity contribution in [3.63, 3.8) is 0 Å². The van der Waals surface area contributed by atoms with E-state index in [1.165, 1.54) is 24.3 Å². The van der Waals surface area contributed by atoms with E-state index in [0.29, 0.717) is 35.7 Å². The Balaban J connectivity index is 0.00000185. The highest BCUT2D eigenvalue weighted by molar-refractivity contribution is 7.85. The summed E-state index contributed by atoms with van der Waals surface area (Å²) in [5.41, 5.74) is 4.37. The Morgan fingerprint density at radius 2 is 1.59 bits per heavy atom. The number of pyridine rings is 1. The molecule has 3 aliphatic heterocycles. The van der Waals surface area contributed by atoms with Crippen LogP contribution in [-0.2, 0) is 63.8 Å². The van der Waals surface area contributed by atoms with Gasteiger partial charge in [-0.05, 0) is 105 Å². The normalized spacial score (nSPS) is 18.3. The molecule has 1 saturated heterocycles. The minimum Gasteiger partial charge on any atom is -0.344 e. The van der Waals surface area contributed by atoms with Crippen LogP contribution in [0.15, 0.2) is 101 Å². The standard InChI is InChI=1S/C45H51N5O9S.O3S/c1-8-10-25-48-29-32(42(53)47(6)58-7)26-35-41(48)46-37(44(35,3)4)14-12-11-13-15-38-45(5,34-27-33(60(55,56)57)20-21-36(34)49(38)24-9-2)28-30-16-18-31(19-17-30)43(54)59-50-39(51)22-23-40(50)52;1-4(2)3/h11-21,26-27,29H,8-10,22-25,28H2,1-7H3;/p+1. The average molecular weight is 919 g/mol. The maximum atomic E-state index is 13.1. The molecule has 17 nitrogen and oxygen atoms in total. The molecule has 64 heavy (non-hydrogen) atoms. The van der Waals surface area contributed by atoms with Gasteiger partial charge < -0.3 is 9.74 Å². The van der Waals surface area contributed by atoms with E-state index in [1.54, 1.807) is 37.4 Å². The number of aromatic nitrogens is 1. The number of unbranched alkanes of at least 4 members (excludes halogenated alkanes) is 1. The van der Waals surface area contributed by atoms with Crippen LogP contribution in [0.5, 0.6) is 0 Å². The van der Waals surface area contributed by atoms with E-state index in [4.69, 9.17) is 27.3 Å². The van der Waals surface area contributed by atoms with Gasteiger partial charge in [0.15, 0.2) is 5.71 Å². The minimum atomic E-state index is -4.51. The first-order valence-corrected chi connectivity index (χ1v) is 23.0. The first-order chi connectivity index (χ1) is 30.2. The summed E-state index contributed by atoms with van der Waals surface area (Å²) in [5, 5.41) is 1.71. The fourth-order valence-electron chi connectivity index (χ4n) is 7.90. The lowest BCUT2D eigenvalue weighted by Crippen LogP contribution is -2.38. The maximum Gasteiger partial charge on any atom is 0.425 e. The van der Waals surface area contributed by atoms with Crippen molar-refractivity contribution in [3.05, 3.63) is 119 Å². The Kier molecular flexibility index (Phi) is 15.4. The fraction of sp³-hybridized carbons (Fsp3) is 0.378. The van der Waals surface area contributed by atoms with E-state index < -0.39 is 49.3 Å². The lowest BCUT2D eigenvalue weighted by Gasteiger charge is -2.30. The zero-order valence-corrected chi connectivity index (χ0v) is 38.4. The van der Waals surface area contributed by atoms with Crippen molar-refractivity contribution in [1.82, 2.24) is 10.1 Å². The molecule has 0 aliphatic carbocycles. The highest BCUT2D eigenvalue weighted by Crippen LogP contribution is 2.50. The summed E-state index contributed by atoms with van der Waals surface area (Å²) < 4.78 is 62.2. The third kappa shape index (κ3) is 10.6. The summed E-state index contributed by atoms with van der Waals surface area (Å²) in [7, 11) is -4.58. The summed E-state index contributed by atoms with van der Waals surface area (Å²) in [6, 6.07) is 13.2. The van der Waals surface area contributed by atoms with Crippen LogP contribution < -0.4 is 9.47 Å². The van der Waals surface area contributed by atoms with Gasteiger partial charge >= 0.3 is 22.4 Å². The van der Waals surface area contributed by atoms with E-state index in [2.05, 4.69) is 32.6 Å². The molecule has 1 fully saturated rings. The van der Waals surface area contributed by atoms with Gasteiger partial charge in [0.25, 0.3) is 27.8 Å². The third-order valence-electron chi connectivity index (χ3n) is 11.3. The Morgan fingerprint density at radius 1 is 0.938 bits per heavy atom. The Bertz CT molecular complexity index is 2670. The molecule has 1 atom stereocenters. The van der Waals surface area contributed by atoms with Gasteiger partial charge in [-0.15, -0.1) is 17.7 Å². The number of carbonyl (C=O) groups excluding carboxylic acids is 4. The molecular weight excluding hydrogens is 867 g/mol. The van der Waals surface area contributed by atoms with Crippen molar-refractivity contribution in [1.29, 1.82) is 0 Å². The third-order valence-corrected chi connectivity index (χ3v) is 12.2. The van der Waals surface area contributed by atoms with Gasteiger partial charge in [-0.3, -0.25) is 23.8 Å². The van der Waals surface area contributed by atoms with Crippen LogP contribution in [0.4, 0.5) is 11.5 Å². The summed E-state index contributed by atoms with van der Waals surface area (Å²) in [6.07, 6.45) is 14.6. The number of carbonyl (C=O) groups is 4. The maximum absolute atomic E-state index is 13.1. The highest BCUT2D eigenvalue weighted by Gasteiger charge is 2.45. The summed E-state index contributed by atoms with van der Waals surface area (Å²) in [5.74, 6) is -1.41. The number of hydroxylamine groups is 4. The molecule has 3 amide bonds. The number of imide groups is 1. The van der Waals surface area contributed by atoms with Gasteiger partial charge in [-0.25, -0.2) is 14.4 Å². The van der Waals surface area contributed by atoms with Gasteiger partial charge in [0, 0.05) is 43.2 Å². The van der Waals surface area contributed by atoms with Crippen LogP contribution in [0, 0.1) is 0 Å². The largest absolute Gasteiger partial charge is 0.425 e. The topological polar surface area (TPSA) is 218 Å². The van der Waals surface area contributed by atoms with Crippen LogP contribution in [0.25, 0.3) is 0 Å². The lowest BCUT2D eigenvalue weighted by molar-refractivity contribution is -0.684. The zero-order valence-electron chi connectivity index (χ0n) is 36.7. The van der Waals surface area contributed by atoms with Gasteiger partial charge in [0.1, 0.15) is 6.20 Å². The van der Waals surface area contributed by atoms with Gasteiger partial charge in [0.2, 0.25) is 0 Å². The monoisotopic (exact) mass is 918 g/mol. The number of aryl methyl sites for hydroxylation is 1. The van der Waals surface area contributed by atoms with Crippen molar-refractivity contribution < 1.29 is 59.0 Å². The number of nitrogens with zero attached hydrogens (tertiary/aromatic N) is 5. The van der Waals surface area contributed by atoms with Crippen LogP contribution in [0.3, 0.4) is 0 Å². The first kappa shape index (κ1) is 48.9. The van der Waals surface area contributed by atoms with Crippen LogP contribution in [0.2, 0.25) is 0 Å². The zero-order chi connectivity index (χ0) is 47.1. The van der Waals surface area contributed by atoms with E-state index >= 15 is 0 Å². The smallest absolute Gasteiger partial charge is 0.344 e. The molecule has 3 aromatic rings. The molecule has 0 radical (unpaired) electrons. The number of anilines is 1. The quantitative estimate of drug-likeness (QED) is 0.0641. The Labute approximate surface area is 374 Å². The minimum absolute atomic E-state index is 0.0126. The van der Waals surface area contributed by atoms with Crippen molar-refractivity contribution in [2.75, 3.05) is 25.6 Å². The highest BCUT2D eigenvalue weighted by atomic mass is 32.2. The number of allylic oxidation sites excluding steroid dienone is 6. The second-order valence-electron chi connectivity index (χ2n) is 16.1. The molecule has 2 aromatic carbocycles. The summed E-state index contributed by atoms with van der Waals surface area (Å²) in [6.45, 7) is 11.7. The fourth-order valence-corrected chi connectivity index (χ4v) is 8.41. The van der Waals surface area contributed by atoms with Crippen molar-refractivity contribution in [2.45, 2.75) is 95.4 Å². The summed E-state index contributed by atoms with van der Waals surface area (Å²) in [4.78, 5) is 67.2. The Morgan fingerprint density at radius 3 is 2.19 bits per heavy atom. The van der Waals surface area contributed by atoms with Crippen molar-refractivity contribution in [3.8, 4) is 0 Å². The molecule has 1 unspecified atom stereocenters. The second kappa shape index (κ2) is 20.1. The van der Waals surface area contributed by atoms with E-state index in [9.17, 15) is 32.1 Å². The molecule has 4 heterocycles. The summed E-state index contributed by atoms with van der Waals surface area (Å²) >= 11 is 0. The number of benzene rings is 2. The number of fused-ring (bicyclic) bond motifs is 2. The van der Waals surface area contributed by atoms with Crippen LogP contribution >= 0.6 is 0 Å². The second-order valence-corrected chi connectivity index (χ2v) is 17.9. The molecule has 6 rings (SSSR count). The number of hydrogen-bond donors (Lipinski definition) is 1. The molecule has 19 heteroatoms. The molecule has 1 aromatic heterocycles.